The molecule has 1 amide bonds. The summed E-state index contributed by atoms with van der Waals surface area (Å²) >= 11 is 0. The van der Waals surface area contributed by atoms with Crippen molar-refractivity contribution in [3.63, 3.8) is 0 Å². The summed E-state index contributed by atoms with van der Waals surface area (Å²) in [6, 6.07) is 7.14. The molecule has 3 rings (SSSR count). The number of carbonyl (C=O) groups excluding carboxylic acids is 1. The first-order valence-electron chi connectivity index (χ1n) is 7.47. The van der Waals surface area contributed by atoms with Crippen LogP contribution < -0.4 is 10.7 Å². The largest absolute Gasteiger partial charge is 0.318 e. The molecule has 0 unspecified atom stereocenters. The van der Waals surface area contributed by atoms with Crippen molar-refractivity contribution in [1.29, 1.82) is 0 Å². The van der Waals surface area contributed by atoms with E-state index in [1.54, 1.807) is 33.9 Å². The van der Waals surface area contributed by atoms with Gasteiger partial charge in [-0.05, 0) is 26.0 Å². The van der Waals surface area contributed by atoms with Crippen molar-refractivity contribution in [2.75, 3.05) is 5.32 Å². The molecule has 7 nitrogen and oxygen atoms in total. The SMILES string of the molecule is CCn1cc(NC(=O)c2nn(CC)c3ccccc3c2=O)cn1. The van der Waals surface area contributed by atoms with Crippen LogP contribution in [0.25, 0.3) is 10.9 Å². The van der Waals surface area contributed by atoms with E-state index in [1.807, 2.05) is 26.0 Å². The number of hydrogen-bond donors (Lipinski definition) is 1. The minimum absolute atomic E-state index is 0.116. The molecule has 118 valence electrons. The third kappa shape index (κ3) is 2.73. The van der Waals surface area contributed by atoms with Gasteiger partial charge in [0.05, 0.1) is 17.4 Å². The number of aryl methyl sites for hydroxylation is 2. The Hall–Kier alpha value is -2.96. The van der Waals surface area contributed by atoms with Gasteiger partial charge in [-0.1, -0.05) is 12.1 Å². The van der Waals surface area contributed by atoms with E-state index in [2.05, 4.69) is 15.5 Å². The zero-order valence-electron chi connectivity index (χ0n) is 13.0. The summed E-state index contributed by atoms with van der Waals surface area (Å²) < 4.78 is 3.34. The van der Waals surface area contributed by atoms with E-state index in [0.29, 0.717) is 24.2 Å². The number of anilines is 1. The highest BCUT2D eigenvalue weighted by atomic mass is 16.2. The normalized spacial score (nSPS) is 10.9. The van der Waals surface area contributed by atoms with Crippen LogP contribution in [-0.4, -0.2) is 25.5 Å². The summed E-state index contributed by atoms with van der Waals surface area (Å²) in [6.07, 6.45) is 3.25. The quantitative estimate of drug-likeness (QED) is 0.797. The zero-order valence-corrected chi connectivity index (χ0v) is 13.0. The molecule has 0 aliphatic carbocycles. The molecule has 0 atom stereocenters. The third-order valence-electron chi connectivity index (χ3n) is 3.59. The van der Waals surface area contributed by atoms with Crippen LogP contribution in [0.15, 0.2) is 41.5 Å². The summed E-state index contributed by atoms with van der Waals surface area (Å²) in [5.74, 6) is -0.529. The van der Waals surface area contributed by atoms with Gasteiger partial charge in [0, 0.05) is 24.7 Å². The van der Waals surface area contributed by atoms with E-state index >= 15 is 0 Å². The average Bonchev–Trinajstić information content (AvgIpc) is 3.03. The highest BCUT2D eigenvalue weighted by Gasteiger charge is 2.17. The van der Waals surface area contributed by atoms with Crippen molar-refractivity contribution in [3.8, 4) is 0 Å². The Morgan fingerprint density at radius 1 is 1.22 bits per heavy atom. The van der Waals surface area contributed by atoms with Gasteiger partial charge in [0.2, 0.25) is 5.43 Å². The van der Waals surface area contributed by atoms with Gasteiger partial charge >= 0.3 is 0 Å². The molecule has 2 heterocycles. The molecule has 0 fully saturated rings. The fourth-order valence-electron chi connectivity index (χ4n) is 2.42. The van der Waals surface area contributed by atoms with Crippen LogP contribution in [0.4, 0.5) is 5.69 Å². The molecule has 1 N–H and O–H groups in total. The number of fused-ring (bicyclic) bond motifs is 1. The number of amides is 1. The van der Waals surface area contributed by atoms with Crippen molar-refractivity contribution in [2.24, 2.45) is 0 Å². The summed E-state index contributed by atoms with van der Waals surface area (Å²) in [5.41, 5.74) is 0.769. The number of nitrogens with zero attached hydrogens (tertiary/aromatic N) is 4. The maximum absolute atomic E-state index is 12.5. The maximum Gasteiger partial charge on any atom is 0.280 e. The molecule has 0 spiro atoms. The van der Waals surface area contributed by atoms with Crippen molar-refractivity contribution in [1.82, 2.24) is 19.6 Å². The van der Waals surface area contributed by atoms with Gasteiger partial charge in [0.15, 0.2) is 5.69 Å². The van der Waals surface area contributed by atoms with E-state index in [-0.39, 0.29) is 11.1 Å². The molecular formula is C16H17N5O2. The van der Waals surface area contributed by atoms with E-state index < -0.39 is 5.91 Å². The highest BCUT2D eigenvalue weighted by molar-refractivity contribution is 6.04. The van der Waals surface area contributed by atoms with Crippen molar-refractivity contribution >= 4 is 22.5 Å². The molecular weight excluding hydrogens is 294 g/mol. The van der Waals surface area contributed by atoms with Gasteiger partial charge in [-0.3, -0.25) is 19.0 Å². The number of hydrogen-bond acceptors (Lipinski definition) is 4. The molecule has 0 saturated heterocycles. The summed E-state index contributed by atoms with van der Waals surface area (Å²) in [7, 11) is 0. The molecule has 7 heteroatoms. The van der Waals surface area contributed by atoms with Crippen LogP contribution in [0.2, 0.25) is 0 Å². The zero-order chi connectivity index (χ0) is 16.4. The van der Waals surface area contributed by atoms with Crippen LogP contribution in [-0.2, 0) is 13.1 Å². The molecule has 0 bridgehead atoms. The molecule has 0 radical (unpaired) electrons. The third-order valence-corrected chi connectivity index (χ3v) is 3.59. The number of benzene rings is 1. The second-order valence-corrected chi connectivity index (χ2v) is 5.05. The Balaban J connectivity index is 2.03. The number of aromatic nitrogens is 4. The molecule has 0 saturated carbocycles. The van der Waals surface area contributed by atoms with Crippen LogP contribution in [0.1, 0.15) is 24.3 Å². The lowest BCUT2D eigenvalue weighted by Gasteiger charge is -2.09. The van der Waals surface area contributed by atoms with Gasteiger partial charge in [-0.15, -0.1) is 0 Å². The fourth-order valence-corrected chi connectivity index (χ4v) is 2.42. The Morgan fingerprint density at radius 3 is 2.70 bits per heavy atom. The second kappa shape index (κ2) is 6.04. The van der Waals surface area contributed by atoms with E-state index in [1.165, 1.54) is 0 Å². The highest BCUT2D eigenvalue weighted by Crippen LogP contribution is 2.11. The van der Waals surface area contributed by atoms with Gasteiger partial charge in [0.25, 0.3) is 5.91 Å². The van der Waals surface area contributed by atoms with Crippen LogP contribution in [0, 0.1) is 0 Å². The number of nitrogens with one attached hydrogen (secondary N) is 1. The second-order valence-electron chi connectivity index (χ2n) is 5.05. The van der Waals surface area contributed by atoms with Crippen LogP contribution in [0.5, 0.6) is 0 Å². The Labute approximate surface area is 132 Å². The van der Waals surface area contributed by atoms with Gasteiger partial charge in [0.1, 0.15) is 0 Å². The Kier molecular flexibility index (Phi) is 3.92. The number of carbonyl (C=O) groups is 1. The van der Waals surface area contributed by atoms with Crippen LogP contribution in [0.3, 0.4) is 0 Å². The number of rotatable bonds is 4. The van der Waals surface area contributed by atoms with Gasteiger partial charge in [-0.25, -0.2) is 0 Å². The first-order valence-corrected chi connectivity index (χ1v) is 7.47. The molecule has 0 aliphatic heterocycles. The topological polar surface area (TPSA) is 81.8 Å². The molecule has 3 aromatic rings. The Bertz CT molecular complexity index is 926. The smallest absolute Gasteiger partial charge is 0.280 e. The fraction of sp³-hybridized carbons (Fsp3) is 0.250. The summed E-state index contributed by atoms with van der Waals surface area (Å²) in [5, 5.41) is 11.4. The van der Waals surface area contributed by atoms with E-state index in [4.69, 9.17) is 0 Å². The molecule has 0 aliphatic rings. The standard InChI is InChI=1S/C16H17N5O2/c1-3-20-10-11(9-17-20)18-16(23)14-15(22)12-7-5-6-8-13(12)21(4-2)19-14/h5-10H,3-4H2,1-2H3,(H,18,23). The lowest BCUT2D eigenvalue weighted by molar-refractivity contribution is 0.101. The van der Waals surface area contributed by atoms with Gasteiger partial charge in [-0.2, -0.15) is 10.2 Å². The first kappa shape index (κ1) is 15.0. The molecule has 1 aromatic carbocycles. The summed E-state index contributed by atoms with van der Waals surface area (Å²) in [6.45, 7) is 5.13. The van der Waals surface area contributed by atoms with Crippen molar-refractivity contribution in [3.05, 3.63) is 52.6 Å². The molecule has 2 aromatic heterocycles. The van der Waals surface area contributed by atoms with Crippen molar-refractivity contribution < 1.29 is 4.79 Å². The van der Waals surface area contributed by atoms with E-state index in [0.717, 1.165) is 5.52 Å². The minimum Gasteiger partial charge on any atom is -0.318 e. The van der Waals surface area contributed by atoms with Gasteiger partial charge < -0.3 is 5.32 Å². The average molecular weight is 311 g/mol. The molecule has 23 heavy (non-hydrogen) atoms. The first-order chi connectivity index (χ1) is 11.1. The van der Waals surface area contributed by atoms with Crippen LogP contribution >= 0.6 is 0 Å². The summed E-state index contributed by atoms with van der Waals surface area (Å²) in [4.78, 5) is 25.0. The number of para-hydroxylation sites is 1. The van der Waals surface area contributed by atoms with Crippen molar-refractivity contribution in [2.45, 2.75) is 26.9 Å². The van der Waals surface area contributed by atoms with E-state index in [9.17, 15) is 9.59 Å². The lowest BCUT2D eigenvalue weighted by atomic mass is 10.2. The maximum atomic E-state index is 12.5. The predicted octanol–water partition coefficient (Wildman–Crippen LogP) is 1.89. The predicted molar refractivity (Wildman–Crippen MR) is 87.5 cm³/mol. The minimum atomic E-state index is -0.529. The lowest BCUT2D eigenvalue weighted by Crippen LogP contribution is -2.26. The Morgan fingerprint density at radius 2 is 2.00 bits per heavy atom. The monoisotopic (exact) mass is 311 g/mol.